The second-order valence-corrected chi connectivity index (χ2v) is 8.85. The van der Waals surface area contributed by atoms with Crippen LogP contribution in [-0.2, 0) is 0 Å². The van der Waals surface area contributed by atoms with E-state index in [1.54, 1.807) is 0 Å². The van der Waals surface area contributed by atoms with Crippen molar-refractivity contribution in [3.05, 3.63) is 53.8 Å². The van der Waals surface area contributed by atoms with Gasteiger partial charge in [0, 0.05) is 0 Å². The zero-order chi connectivity index (χ0) is 11.5. The van der Waals surface area contributed by atoms with Gasteiger partial charge in [0.25, 0.3) is 0 Å². The Balaban J connectivity index is 3.21. The summed E-state index contributed by atoms with van der Waals surface area (Å²) in [6.45, 7) is 12.9. The van der Waals surface area contributed by atoms with Crippen molar-refractivity contribution in [1.82, 2.24) is 0 Å². The Morgan fingerprint density at radius 2 is 2.00 bits per heavy atom. The van der Waals surface area contributed by atoms with E-state index in [4.69, 9.17) is 0 Å². The van der Waals surface area contributed by atoms with Gasteiger partial charge in [-0.2, -0.15) is 0 Å². The first-order valence-corrected chi connectivity index (χ1v) is 8.38. The monoisotopic (exact) mass is 216 g/mol. The van der Waals surface area contributed by atoms with Crippen LogP contribution in [-0.4, -0.2) is 8.07 Å². The minimum absolute atomic E-state index is 1.34. The Hall–Kier alpha value is -1.08. The van der Waals surface area contributed by atoms with Gasteiger partial charge in [0.2, 0.25) is 0 Å². The number of aryl methyl sites for hydroxylation is 1. The summed E-state index contributed by atoms with van der Waals surface area (Å²) in [5.74, 6) is 0. The first-order valence-electron chi connectivity index (χ1n) is 5.38. The summed E-state index contributed by atoms with van der Waals surface area (Å²) < 4.78 is 0. The molecule has 0 nitrogen and oxygen atoms in total. The van der Waals surface area contributed by atoms with Crippen LogP contribution in [0.5, 0.6) is 0 Å². The van der Waals surface area contributed by atoms with E-state index in [-0.39, 0.29) is 0 Å². The van der Waals surface area contributed by atoms with Crippen LogP contribution in [0.3, 0.4) is 0 Å². The van der Waals surface area contributed by atoms with Crippen LogP contribution in [0.1, 0.15) is 12.5 Å². The Bertz CT molecular complexity index is 386. The molecule has 15 heavy (non-hydrogen) atoms. The number of rotatable bonds is 3. The molecule has 0 bridgehead atoms. The summed E-state index contributed by atoms with van der Waals surface area (Å²) in [6.07, 6.45) is 4.20. The number of hydrogen-bond donors (Lipinski definition) is 0. The molecule has 0 saturated heterocycles. The molecule has 0 atom stereocenters. The highest BCUT2D eigenvalue weighted by molar-refractivity contribution is 6.96. The molecule has 0 unspecified atom stereocenters. The predicted octanol–water partition coefficient (Wildman–Crippen LogP) is 3.58. The van der Waals surface area contributed by atoms with Crippen molar-refractivity contribution >= 4 is 13.3 Å². The van der Waals surface area contributed by atoms with Crippen molar-refractivity contribution in [2.24, 2.45) is 0 Å². The first-order chi connectivity index (χ1) is 7.02. The van der Waals surface area contributed by atoms with Gasteiger partial charge in [-0.05, 0) is 13.8 Å². The van der Waals surface area contributed by atoms with Gasteiger partial charge in [-0.25, -0.2) is 0 Å². The molecule has 0 aliphatic carbocycles. The zero-order valence-electron chi connectivity index (χ0n) is 10.2. The number of hydrogen-bond acceptors (Lipinski definition) is 0. The molecule has 0 aliphatic rings. The highest BCUT2D eigenvalue weighted by Gasteiger charge is 2.25. The molecular weight excluding hydrogens is 196 g/mol. The maximum Gasteiger partial charge on any atom is 0.111 e. The average Bonchev–Trinajstić information content (AvgIpc) is 2.19. The molecule has 1 heteroatoms. The molecule has 80 valence electrons. The van der Waals surface area contributed by atoms with Crippen LogP contribution in [0, 0.1) is 6.92 Å². The normalized spacial score (nSPS) is 12.7. The molecule has 0 N–H and O–H groups in total. The minimum atomic E-state index is -1.50. The Morgan fingerprint density at radius 3 is 2.47 bits per heavy atom. The molecule has 0 spiro atoms. The highest BCUT2D eigenvalue weighted by atomic mass is 28.3. The molecule has 0 aliphatic heterocycles. The van der Waals surface area contributed by atoms with Crippen molar-refractivity contribution in [2.75, 3.05) is 0 Å². The topological polar surface area (TPSA) is 0 Å². The van der Waals surface area contributed by atoms with Crippen LogP contribution in [0.25, 0.3) is 0 Å². The molecule has 0 radical (unpaired) electrons. The fraction of sp³-hybridized carbons (Fsp3) is 0.286. The average molecular weight is 216 g/mol. The summed E-state index contributed by atoms with van der Waals surface area (Å²) in [5, 5.41) is 2.89. The number of benzene rings is 1. The van der Waals surface area contributed by atoms with E-state index in [2.05, 4.69) is 63.9 Å². The summed E-state index contributed by atoms with van der Waals surface area (Å²) in [6, 6.07) is 8.85. The summed E-state index contributed by atoms with van der Waals surface area (Å²) in [5.41, 5.74) is 1.34. The molecule has 1 rings (SSSR count). The molecule has 0 aromatic heterocycles. The maximum absolute atomic E-state index is 3.91. The Morgan fingerprint density at radius 1 is 1.33 bits per heavy atom. The van der Waals surface area contributed by atoms with E-state index >= 15 is 0 Å². The van der Waals surface area contributed by atoms with Gasteiger partial charge in [0.15, 0.2) is 0 Å². The lowest BCUT2D eigenvalue weighted by molar-refractivity contribution is 1.48. The zero-order valence-corrected chi connectivity index (χ0v) is 11.2. The second kappa shape index (κ2) is 4.62. The van der Waals surface area contributed by atoms with Crippen molar-refractivity contribution in [1.29, 1.82) is 0 Å². The predicted molar refractivity (Wildman–Crippen MR) is 72.2 cm³/mol. The fourth-order valence-corrected chi connectivity index (χ4v) is 4.60. The molecule has 0 amide bonds. The van der Waals surface area contributed by atoms with Gasteiger partial charge >= 0.3 is 0 Å². The fourth-order valence-electron chi connectivity index (χ4n) is 1.93. The second-order valence-electron chi connectivity index (χ2n) is 4.44. The van der Waals surface area contributed by atoms with Crippen LogP contribution < -0.4 is 5.19 Å². The number of allylic oxidation sites excluding steroid dienone is 3. The van der Waals surface area contributed by atoms with Crippen LogP contribution in [0.2, 0.25) is 13.1 Å². The lowest BCUT2D eigenvalue weighted by atomic mass is 10.2. The van der Waals surface area contributed by atoms with Gasteiger partial charge in [0.05, 0.1) is 0 Å². The quantitative estimate of drug-likeness (QED) is 0.535. The Labute approximate surface area is 94.4 Å². The molecule has 0 heterocycles. The van der Waals surface area contributed by atoms with Gasteiger partial charge in [-0.1, -0.05) is 72.0 Å². The maximum atomic E-state index is 3.91. The Kier molecular flexibility index (Phi) is 3.70. The third kappa shape index (κ3) is 2.48. The van der Waals surface area contributed by atoms with Crippen LogP contribution >= 0.6 is 0 Å². The van der Waals surface area contributed by atoms with Crippen LogP contribution in [0.15, 0.2) is 48.2 Å². The first kappa shape index (κ1) is 12.0. The van der Waals surface area contributed by atoms with E-state index < -0.39 is 8.07 Å². The third-order valence-corrected chi connectivity index (χ3v) is 6.68. The molecule has 1 aromatic rings. The van der Waals surface area contributed by atoms with Gasteiger partial charge in [-0.3, -0.25) is 0 Å². The molecule has 0 saturated carbocycles. The third-order valence-electron chi connectivity index (χ3n) is 2.99. The SMILES string of the molecule is C=C/C(=C\C)[Si](C)(C)c1cccc(C)c1. The van der Waals surface area contributed by atoms with Crippen molar-refractivity contribution in [2.45, 2.75) is 26.9 Å². The minimum Gasteiger partial charge on any atom is -0.0992 e. The van der Waals surface area contributed by atoms with Gasteiger partial charge in [0.1, 0.15) is 8.07 Å². The van der Waals surface area contributed by atoms with E-state index in [1.807, 2.05) is 6.08 Å². The van der Waals surface area contributed by atoms with Crippen LogP contribution in [0.4, 0.5) is 0 Å². The lowest BCUT2D eigenvalue weighted by Crippen LogP contribution is -2.43. The highest BCUT2D eigenvalue weighted by Crippen LogP contribution is 2.16. The summed E-state index contributed by atoms with van der Waals surface area (Å²) in [7, 11) is -1.50. The molecular formula is C14H20Si. The summed E-state index contributed by atoms with van der Waals surface area (Å²) in [4.78, 5) is 0. The van der Waals surface area contributed by atoms with E-state index in [0.29, 0.717) is 0 Å². The standard InChI is InChI=1S/C14H20Si/c1-6-13(7-2)15(4,5)14-10-8-9-12(3)11-14/h6-11H,1H2,2-5H3/b13-7+. The van der Waals surface area contributed by atoms with E-state index in [1.165, 1.54) is 15.9 Å². The molecule has 0 fully saturated rings. The van der Waals surface area contributed by atoms with Crippen molar-refractivity contribution in [3.8, 4) is 0 Å². The molecule has 1 aromatic carbocycles. The van der Waals surface area contributed by atoms with E-state index in [0.717, 1.165) is 0 Å². The van der Waals surface area contributed by atoms with E-state index in [9.17, 15) is 0 Å². The lowest BCUT2D eigenvalue weighted by Gasteiger charge is -2.24. The summed E-state index contributed by atoms with van der Waals surface area (Å²) >= 11 is 0. The van der Waals surface area contributed by atoms with Gasteiger partial charge < -0.3 is 0 Å². The van der Waals surface area contributed by atoms with Gasteiger partial charge in [-0.15, -0.1) is 0 Å². The largest absolute Gasteiger partial charge is 0.111 e. The van der Waals surface area contributed by atoms with Crippen molar-refractivity contribution < 1.29 is 0 Å². The smallest absolute Gasteiger partial charge is 0.0992 e. The van der Waals surface area contributed by atoms with Crippen molar-refractivity contribution in [3.63, 3.8) is 0 Å².